The first-order valence-corrected chi connectivity index (χ1v) is 5.84. The molecule has 1 aromatic carbocycles. The Morgan fingerprint density at radius 3 is 2.71 bits per heavy atom. The minimum absolute atomic E-state index is 0.802. The standard InChI is InChI=1S/C14H11ClN2/c15-13-2-1-3-14-12(13)6-9-17(14)10-11-4-7-16-8-5-11/h1-9H,10H2. The van der Waals surface area contributed by atoms with Crippen LogP contribution in [0.2, 0.25) is 5.02 Å². The summed E-state index contributed by atoms with van der Waals surface area (Å²) in [4.78, 5) is 4.02. The summed E-state index contributed by atoms with van der Waals surface area (Å²) in [6, 6.07) is 12.1. The molecule has 0 radical (unpaired) electrons. The molecule has 0 bridgehead atoms. The summed E-state index contributed by atoms with van der Waals surface area (Å²) < 4.78 is 2.19. The van der Waals surface area contributed by atoms with Gasteiger partial charge in [0.25, 0.3) is 0 Å². The van der Waals surface area contributed by atoms with Crippen LogP contribution in [0.4, 0.5) is 0 Å². The van der Waals surface area contributed by atoms with E-state index >= 15 is 0 Å². The first-order chi connectivity index (χ1) is 8.34. The lowest BCUT2D eigenvalue weighted by atomic mass is 10.2. The van der Waals surface area contributed by atoms with Crippen molar-refractivity contribution in [2.24, 2.45) is 0 Å². The number of aromatic nitrogens is 2. The Balaban J connectivity index is 2.05. The monoisotopic (exact) mass is 242 g/mol. The van der Waals surface area contributed by atoms with E-state index in [9.17, 15) is 0 Å². The van der Waals surface area contributed by atoms with Crippen molar-refractivity contribution < 1.29 is 0 Å². The van der Waals surface area contributed by atoms with E-state index < -0.39 is 0 Å². The summed E-state index contributed by atoms with van der Waals surface area (Å²) in [5.74, 6) is 0. The molecule has 2 heterocycles. The van der Waals surface area contributed by atoms with Crippen LogP contribution in [0.1, 0.15) is 5.56 Å². The number of hydrogen-bond acceptors (Lipinski definition) is 1. The van der Waals surface area contributed by atoms with E-state index in [1.165, 1.54) is 5.56 Å². The molecule has 0 atom stereocenters. The summed E-state index contributed by atoms with van der Waals surface area (Å²) in [5, 5.41) is 1.90. The first kappa shape index (κ1) is 10.4. The summed E-state index contributed by atoms with van der Waals surface area (Å²) in [6.07, 6.45) is 5.69. The third-order valence-corrected chi connectivity index (χ3v) is 3.19. The molecule has 2 aromatic heterocycles. The van der Waals surface area contributed by atoms with Gasteiger partial charge in [0.15, 0.2) is 0 Å². The normalized spacial score (nSPS) is 10.9. The van der Waals surface area contributed by atoms with Crippen molar-refractivity contribution in [1.29, 1.82) is 0 Å². The van der Waals surface area contributed by atoms with Crippen LogP contribution in [0.25, 0.3) is 10.9 Å². The van der Waals surface area contributed by atoms with Gasteiger partial charge < -0.3 is 4.57 Å². The molecule has 2 nitrogen and oxygen atoms in total. The lowest BCUT2D eigenvalue weighted by Gasteiger charge is -2.05. The van der Waals surface area contributed by atoms with Crippen LogP contribution < -0.4 is 0 Å². The quantitative estimate of drug-likeness (QED) is 0.669. The van der Waals surface area contributed by atoms with E-state index in [0.717, 1.165) is 22.5 Å². The summed E-state index contributed by atoms with van der Waals surface area (Å²) in [5.41, 5.74) is 2.40. The van der Waals surface area contributed by atoms with Crippen LogP contribution in [0.3, 0.4) is 0 Å². The molecule has 3 aromatic rings. The molecule has 0 N–H and O–H groups in total. The lowest BCUT2D eigenvalue weighted by molar-refractivity contribution is 0.835. The Kier molecular flexibility index (Phi) is 2.57. The zero-order valence-corrected chi connectivity index (χ0v) is 9.93. The van der Waals surface area contributed by atoms with E-state index in [4.69, 9.17) is 11.6 Å². The fraction of sp³-hybridized carbons (Fsp3) is 0.0714. The molecule has 3 heteroatoms. The SMILES string of the molecule is Clc1cccc2c1ccn2Cc1ccncc1. The van der Waals surface area contributed by atoms with Crippen LogP contribution in [-0.2, 0) is 6.54 Å². The predicted molar refractivity (Wildman–Crippen MR) is 70.3 cm³/mol. The Labute approximate surface area is 104 Å². The zero-order valence-electron chi connectivity index (χ0n) is 9.18. The van der Waals surface area contributed by atoms with Gasteiger partial charge in [-0.15, -0.1) is 0 Å². The fourth-order valence-electron chi connectivity index (χ4n) is 2.01. The van der Waals surface area contributed by atoms with Crippen LogP contribution in [0.15, 0.2) is 55.0 Å². The molecule has 0 aliphatic rings. The second-order valence-electron chi connectivity index (χ2n) is 3.97. The van der Waals surface area contributed by atoms with Gasteiger partial charge in [-0.25, -0.2) is 0 Å². The Morgan fingerprint density at radius 2 is 1.88 bits per heavy atom. The largest absolute Gasteiger partial charge is 0.343 e. The number of pyridine rings is 1. The summed E-state index contributed by atoms with van der Waals surface area (Å²) in [6.45, 7) is 0.840. The first-order valence-electron chi connectivity index (χ1n) is 5.47. The summed E-state index contributed by atoms with van der Waals surface area (Å²) in [7, 11) is 0. The van der Waals surface area contributed by atoms with Gasteiger partial charge in [0.1, 0.15) is 0 Å². The molecular weight excluding hydrogens is 232 g/mol. The average molecular weight is 243 g/mol. The highest BCUT2D eigenvalue weighted by molar-refractivity contribution is 6.35. The maximum Gasteiger partial charge on any atom is 0.0499 e. The average Bonchev–Trinajstić information content (AvgIpc) is 2.76. The van der Waals surface area contributed by atoms with Gasteiger partial charge in [0.05, 0.1) is 0 Å². The molecule has 0 aliphatic carbocycles. The molecule has 0 fully saturated rings. The number of rotatable bonds is 2. The molecule has 0 amide bonds. The van der Waals surface area contributed by atoms with Gasteiger partial charge in [0.2, 0.25) is 0 Å². The Morgan fingerprint density at radius 1 is 1.06 bits per heavy atom. The van der Waals surface area contributed by atoms with Gasteiger partial charge in [-0.2, -0.15) is 0 Å². The minimum Gasteiger partial charge on any atom is -0.343 e. The van der Waals surface area contributed by atoms with E-state index in [1.807, 2.05) is 36.7 Å². The number of nitrogens with zero attached hydrogens (tertiary/aromatic N) is 2. The second kappa shape index (κ2) is 4.22. The highest BCUT2D eigenvalue weighted by Gasteiger charge is 2.04. The molecule has 0 spiro atoms. The third kappa shape index (κ3) is 1.92. The fourth-order valence-corrected chi connectivity index (χ4v) is 2.24. The number of benzene rings is 1. The molecule has 0 saturated heterocycles. The van der Waals surface area contributed by atoms with Crippen molar-refractivity contribution in [3.8, 4) is 0 Å². The maximum absolute atomic E-state index is 6.15. The molecule has 17 heavy (non-hydrogen) atoms. The molecule has 0 aliphatic heterocycles. The van der Waals surface area contributed by atoms with E-state index in [0.29, 0.717) is 0 Å². The Bertz CT molecular complexity index is 644. The van der Waals surface area contributed by atoms with Crippen molar-refractivity contribution in [3.63, 3.8) is 0 Å². The number of hydrogen-bond donors (Lipinski definition) is 0. The number of fused-ring (bicyclic) bond motifs is 1. The van der Waals surface area contributed by atoms with Crippen molar-refractivity contribution >= 4 is 22.5 Å². The van der Waals surface area contributed by atoms with Gasteiger partial charge in [-0.05, 0) is 35.9 Å². The summed E-state index contributed by atoms with van der Waals surface area (Å²) >= 11 is 6.15. The molecule has 3 rings (SSSR count). The van der Waals surface area contributed by atoms with Crippen LogP contribution in [0.5, 0.6) is 0 Å². The Hall–Kier alpha value is -1.80. The van der Waals surface area contributed by atoms with Gasteiger partial charge in [0, 0.05) is 41.1 Å². The van der Waals surface area contributed by atoms with Crippen molar-refractivity contribution in [3.05, 3.63) is 65.6 Å². The van der Waals surface area contributed by atoms with Crippen LogP contribution >= 0.6 is 11.6 Å². The second-order valence-corrected chi connectivity index (χ2v) is 4.38. The predicted octanol–water partition coefficient (Wildman–Crippen LogP) is 3.74. The minimum atomic E-state index is 0.802. The topological polar surface area (TPSA) is 17.8 Å². The molecule has 0 saturated carbocycles. The van der Waals surface area contributed by atoms with Crippen molar-refractivity contribution in [2.45, 2.75) is 6.54 Å². The maximum atomic E-state index is 6.15. The number of halogens is 1. The highest BCUT2D eigenvalue weighted by atomic mass is 35.5. The van der Waals surface area contributed by atoms with E-state index in [2.05, 4.69) is 27.9 Å². The third-order valence-electron chi connectivity index (χ3n) is 2.86. The van der Waals surface area contributed by atoms with Gasteiger partial charge in [-0.1, -0.05) is 17.7 Å². The molecule has 84 valence electrons. The molecular formula is C14H11ClN2. The highest BCUT2D eigenvalue weighted by Crippen LogP contribution is 2.24. The van der Waals surface area contributed by atoms with Gasteiger partial charge >= 0.3 is 0 Å². The van der Waals surface area contributed by atoms with Crippen LogP contribution in [0, 0.1) is 0 Å². The molecule has 0 unspecified atom stereocenters. The lowest BCUT2D eigenvalue weighted by Crippen LogP contribution is -1.97. The van der Waals surface area contributed by atoms with E-state index in [1.54, 1.807) is 0 Å². The smallest absolute Gasteiger partial charge is 0.0499 e. The zero-order chi connectivity index (χ0) is 11.7. The van der Waals surface area contributed by atoms with Crippen molar-refractivity contribution in [2.75, 3.05) is 0 Å². The van der Waals surface area contributed by atoms with Gasteiger partial charge in [-0.3, -0.25) is 4.98 Å². The van der Waals surface area contributed by atoms with Crippen molar-refractivity contribution in [1.82, 2.24) is 9.55 Å². The van der Waals surface area contributed by atoms with Crippen LogP contribution in [-0.4, -0.2) is 9.55 Å². The van der Waals surface area contributed by atoms with E-state index in [-0.39, 0.29) is 0 Å².